The van der Waals surface area contributed by atoms with Gasteiger partial charge in [-0.15, -0.1) is 0 Å². The van der Waals surface area contributed by atoms with Crippen molar-refractivity contribution in [1.29, 1.82) is 0 Å². The largest absolute Gasteiger partial charge is 0.508 e. The van der Waals surface area contributed by atoms with E-state index in [2.05, 4.69) is 15.5 Å². The number of piperidine rings is 1. The zero-order valence-corrected chi connectivity index (χ0v) is 10.2. The minimum absolute atomic E-state index is 0.295. The summed E-state index contributed by atoms with van der Waals surface area (Å²) >= 11 is 0. The van der Waals surface area contributed by atoms with Crippen LogP contribution in [0.15, 0.2) is 30.5 Å². The number of benzene rings is 1. The van der Waals surface area contributed by atoms with Gasteiger partial charge in [0, 0.05) is 23.7 Å². The molecule has 3 N–H and O–H groups in total. The van der Waals surface area contributed by atoms with E-state index in [4.69, 9.17) is 0 Å². The van der Waals surface area contributed by atoms with E-state index in [9.17, 15) is 5.11 Å². The van der Waals surface area contributed by atoms with Crippen LogP contribution in [0, 0.1) is 0 Å². The highest BCUT2D eigenvalue weighted by Gasteiger charge is 2.20. The fourth-order valence-electron chi connectivity index (χ4n) is 2.58. The van der Waals surface area contributed by atoms with Crippen molar-refractivity contribution < 1.29 is 5.11 Å². The molecule has 0 spiro atoms. The van der Waals surface area contributed by atoms with E-state index in [0.717, 1.165) is 24.2 Å². The number of rotatable bonds is 2. The Morgan fingerprint density at radius 2 is 2.06 bits per heavy atom. The van der Waals surface area contributed by atoms with Crippen LogP contribution in [0.25, 0.3) is 11.1 Å². The predicted octanol–water partition coefficient (Wildman–Crippen LogP) is 2.25. The SMILES string of the molecule is Oc1ccc(-c2cn[nH]c2C2CCCNC2)cc1. The molecular formula is C14H17N3O. The molecule has 0 radical (unpaired) electrons. The van der Waals surface area contributed by atoms with Crippen LogP contribution in [0.1, 0.15) is 24.5 Å². The summed E-state index contributed by atoms with van der Waals surface area (Å²) in [4.78, 5) is 0. The van der Waals surface area contributed by atoms with E-state index >= 15 is 0 Å². The molecule has 2 aromatic rings. The van der Waals surface area contributed by atoms with Gasteiger partial charge in [-0.2, -0.15) is 5.10 Å². The van der Waals surface area contributed by atoms with Crippen molar-refractivity contribution in [2.75, 3.05) is 13.1 Å². The molecule has 0 aliphatic carbocycles. The van der Waals surface area contributed by atoms with Gasteiger partial charge in [-0.05, 0) is 37.1 Å². The fourth-order valence-corrected chi connectivity index (χ4v) is 2.58. The summed E-state index contributed by atoms with van der Waals surface area (Å²) in [6.07, 6.45) is 4.27. The van der Waals surface area contributed by atoms with Gasteiger partial charge in [0.05, 0.1) is 6.20 Å². The monoisotopic (exact) mass is 243 g/mol. The highest BCUT2D eigenvalue weighted by atomic mass is 16.3. The first-order valence-corrected chi connectivity index (χ1v) is 6.38. The van der Waals surface area contributed by atoms with Gasteiger partial charge in [0.15, 0.2) is 0 Å². The van der Waals surface area contributed by atoms with Crippen molar-refractivity contribution in [3.05, 3.63) is 36.2 Å². The number of H-pyrrole nitrogens is 1. The van der Waals surface area contributed by atoms with Crippen molar-refractivity contribution in [2.45, 2.75) is 18.8 Å². The van der Waals surface area contributed by atoms with Gasteiger partial charge in [-0.3, -0.25) is 5.10 Å². The van der Waals surface area contributed by atoms with Crippen molar-refractivity contribution in [2.24, 2.45) is 0 Å². The fraction of sp³-hybridized carbons (Fsp3) is 0.357. The normalized spacial score (nSPS) is 19.9. The third-order valence-electron chi connectivity index (χ3n) is 3.55. The molecule has 1 saturated heterocycles. The summed E-state index contributed by atoms with van der Waals surface area (Å²) in [7, 11) is 0. The van der Waals surface area contributed by atoms with Crippen LogP contribution in [-0.2, 0) is 0 Å². The number of nitrogens with one attached hydrogen (secondary N) is 2. The lowest BCUT2D eigenvalue weighted by Crippen LogP contribution is -2.28. The molecule has 94 valence electrons. The maximum absolute atomic E-state index is 9.34. The van der Waals surface area contributed by atoms with Gasteiger partial charge < -0.3 is 10.4 Å². The minimum atomic E-state index is 0.295. The van der Waals surface area contributed by atoms with Crippen LogP contribution in [0.4, 0.5) is 0 Å². The molecule has 18 heavy (non-hydrogen) atoms. The van der Waals surface area contributed by atoms with E-state index in [-0.39, 0.29) is 0 Å². The maximum atomic E-state index is 9.34. The number of aromatic amines is 1. The second-order valence-corrected chi connectivity index (χ2v) is 4.79. The second-order valence-electron chi connectivity index (χ2n) is 4.79. The summed E-state index contributed by atoms with van der Waals surface area (Å²) in [5, 5.41) is 20.1. The summed E-state index contributed by atoms with van der Waals surface area (Å²) in [6, 6.07) is 7.29. The summed E-state index contributed by atoms with van der Waals surface area (Å²) in [5.74, 6) is 0.799. The summed E-state index contributed by atoms with van der Waals surface area (Å²) < 4.78 is 0. The Bertz CT molecular complexity index is 512. The number of phenolic OH excluding ortho intramolecular Hbond substituents is 1. The van der Waals surface area contributed by atoms with Crippen LogP contribution in [0.5, 0.6) is 5.75 Å². The molecule has 0 bridgehead atoms. The number of hydrogen-bond acceptors (Lipinski definition) is 3. The lowest BCUT2D eigenvalue weighted by atomic mass is 9.91. The molecule has 1 aromatic carbocycles. The maximum Gasteiger partial charge on any atom is 0.115 e. The van der Waals surface area contributed by atoms with Crippen LogP contribution >= 0.6 is 0 Å². The molecule has 1 aliphatic heterocycles. The van der Waals surface area contributed by atoms with E-state index in [1.165, 1.54) is 18.5 Å². The Morgan fingerprint density at radius 3 is 2.78 bits per heavy atom. The Morgan fingerprint density at radius 1 is 1.22 bits per heavy atom. The van der Waals surface area contributed by atoms with Crippen molar-refractivity contribution in [3.8, 4) is 16.9 Å². The number of phenols is 1. The molecule has 1 aromatic heterocycles. The molecule has 4 heteroatoms. The highest BCUT2D eigenvalue weighted by Crippen LogP contribution is 2.31. The van der Waals surface area contributed by atoms with Gasteiger partial charge in [0.1, 0.15) is 5.75 Å². The van der Waals surface area contributed by atoms with Crippen molar-refractivity contribution in [3.63, 3.8) is 0 Å². The third kappa shape index (κ3) is 2.11. The average Bonchev–Trinajstić information content (AvgIpc) is 2.90. The first kappa shape index (κ1) is 11.3. The lowest BCUT2D eigenvalue weighted by Gasteiger charge is -2.22. The van der Waals surface area contributed by atoms with Crippen molar-refractivity contribution >= 4 is 0 Å². The molecule has 0 amide bonds. The standard InChI is InChI=1S/C14H17N3O/c18-12-5-3-10(4-6-12)13-9-16-17-14(13)11-2-1-7-15-8-11/h3-6,9,11,15,18H,1-2,7-8H2,(H,16,17). The van der Waals surface area contributed by atoms with E-state index in [1.807, 2.05) is 18.3 Å². The second kappa shape index (κ2) is 4.82. The molecule has 1 unspecified atom stereocenters. The molecule has 1 aliphatic rings. The Hall–Kier alpha value is -1.81. The molecule has 4 nitrogen and oxygen atoms in total. The molecular weight excluding hydrogens is 226 g/mol. The first-order chi connectivity index (χ1) is 8.84. The van der Waals surface area contributed by atoms with Gasteiger partial charge in [-0.25, -0.2) is 0 Å². The van der Waals surface area contributed by atoms with Crippen LogP contribution < -0.4 is 5.32 Å². The molecule has 3 rings (SSSR count). The Labute approximate surface area is 106 Å². The average molecular weight is 243 g/mol. The number of aromatic hydroxyl groups is 1. The number of hydrogen-bond donors (Lipinski definition) is 3. The van der Waals surface area contributed by atoms with Crippen LogP contribution in [0.3, 0.4) is 0 Å². The quantitative estimate of drug-likeness (QED) is 0.758. The topological polar surface area (TPSA) is 60.9 Å². The Balaban J connectivity index is 1.93. The van der Waals surface area contributed by atoms with Crippen LogP contribution in [0.2, 0.25) is 0 Å². The summed E-state index contributed by atoms with van der Waals surface area (Å²) in [5.41, 5.74) is 3.44. The number of nitrogens with zero attached hydrogens (tertiary/aromatic N) is 1. The van der Waals surface area contributed by atoms with Gasteiger partial charge in [0.25, 0.3) is 0 Å². The Kier molecular flexibility index (Phi) is 3.02. The van der Waals surface area contributed by atoms with E-state index in [0.29, 0.717) is 11.7 Å². The zero-order chi connectivity index (χ0) is 12.4. The highest BCUT2D eigenvalue weighted by molar-refractivity contribution is 5.66. The smallest absolute Gasteiger partial charge is 0.115 e. The van der Waals surface area contributed by atoms with E-state index < -0.39 is 0 Å². The van der Waals surface area contributed by atoms with Crippen molar-refractivity contribution in [1.82, 2.24) is 15.5 Å². The number of aromatic nitrogens is 2. The zero-order valence-electron chi connectivity index (χ0n) is 10.2. The van der Waals surface area contributed by atoms with Gasteiger partial charge in [0.2, 0.25) is 0 Å². The molecule has 1 fully saturated rings. The molecule has 0 saturated carbocycles. The molecule has 1 atom stereocenters. The third-order valence-corrected chi connectivity index (χ3v) is 3.55. The van der Waals surface area contributed by atoms with Gasteiger partial charge >= 0.3 is 0 Å². The van der Waals surface area contributed by atoms with E-state index in [1.54, 1.807) is 12.1 Å². The van der Waals surface area contributed by atoms with Gasteiger partial charge in [-0.1, -0.05) is 12.1 Å². The minimum Gasteiger partial charge on any atom is -0.508 e. The lowest BCUT2D eigenvalue weighted by molar-refractivity contribution is 0.455. The predicted molar refractivity (Wildman–Crippen MR) is 70.5 cm³/mol. The van der Waals surface area contributed by atoms with Crippen LogP contribution in [-0.4, -0.2) is 28.4 Å². The first-order valence-electron chi connectivity index (χ1n) is 6.38. The summed E-state index contributed by atoms with van der Waals surface area (Å²) in [6.45, 7) is 2.12. The molecule has 2 heterocycles.